The molecule has 0 aliphatic heterocycles. The molecule has 2 amide bonds. The van der Waals surface area contributed by atoms with Crippen molar-refractivity contribution >= 4 is 51.1 Å². The van der Waals surface area contributed by atoms with Crippen LogP contribution in [0.3, 0.4) is 0 Å². The number of amides is 2. The third-order valence-corrected chi connectivity index (χ3v) is 5.89. The standard InChI is InChI=1S/C22H24N4O4S2/c1-3-29-18-9-5-16(6-10-18)25-20(27)13-31-22(24-15-23)32-14-21(28)26-17-7-11-19(12-8-17)30-4-2/h5-12H,3-4,13-14H2,1-2H3,(H,25,27)(H,26,28). The first kappa shape index (κ1) is 25.1. The molecular weight excluding hydrogens is 448 g/mol. The van der Waals surface area contributed by atoms with E-state index in [1.807, 2.05) is 13.8 Å². The van der Waals surface area contributed by atoms with Crippen molar-refractivity contribution in [3.05, 3.63) is 48.5 Å². The maximum atomic E-state index is 12.2. The lowest BCUT2D eigenvalue weighted by Crippen LogP contribution is -2.16. The molecule has 2 N–H and O–H groups in total. The van der Waals surface area contributed by atoms with Gasteiger partial charge in [0.2, 0.25) is 18.0 Å². The summed E-state index contributed by atoms with van der Waals surface area (Å²) >= 11 is 2.20. The predicted octanol–water partition coefficient (Wildman–Crippen LogP) is 4.36. The monoisotopic (exact) mass is 472 g/mol. The summed E-state index contributed by atoms with van der Waals surface area (Å²) in [6.07, 6.45) is 1.71. The van der Waals surface area contributed by atoms with E-state index in [1.54, 1.807) is 54.7 Å². The van der Waals surface area contributed by atoms with Crippen molar-refractivity contribution in [2.45, 2.75) is 13.8 Å². The largest absolute Gasteiger partial charge is 0.494 e. The first-order chi connectivity index (χ1) is 15.5. The van der Waals surface area contributed by atoms with Crippen LogP contribution in [-0.2, 0) is 9.59 Å². The molecule has 0 bridgehead atoms. The number of carbonyl (C=O) groups excluding carboxylic acids is 2. The number of ether oxygens (including phenoxy) is 2. The predicted molar refractivity (Wildman–Crippen MR) is 130 cm³/mol. The number of hydrogen-bond donors (Lipinski definition) is 2. The summed E-state index contributed by atoms with van der Waals surface area (Å²) in [5.41, 5.74) is 1.28. The zero-order valence-corrected chi connectivity index (χ0v) is 19.4. The second kappa shape index (κ2) is 14.0. The summed E-state index contributed by atoms with van der Waals surface area (Å²) in [6, 6.07) is 14.1. The Bertz CT molecular complexity index is 888. The number of hydrogen-bond acceptors (Lipinski definition) is 8. The van der Waals surface area contributed by atoms with Crippen LogP contribution in [0.15, 0.2) is 53.5 Å². The molecule has 0 fully saturated rings. The summed E-state index contributed by atoms with van der Waals surface area (Å²) in [6.45, 7) is 4.93. The average Bonchev–Trinajstić information content (AvgIpc) is 2.79. The van der Waals surface area contributed by atoms with Gasteiger partial charge in [-0.2, -0.15) is 10.3 Å². The van der Waals surface area contributed by atoms with Gasteiger partial charge in [0.05, 0.1) is 24.7 Å². The fraction of sp³-hybridized carbons (Fsp3) is 0.273. The normalized spacial score (nSPS) is 9.91. The zero-order valence-electron chi connectivity index (χ0n) is 17.8. The molecule has 2 aromatic carbocycles. The molecule has 0 aromatic heterocycles. The van der Waals surface area contributed by atoms with Gasteiger partial charge in [-0.3, -0.25) is 9.59 Å². The summed E-state index contributed by atoms with van der Waals surface area (Å²) in [5, 5.41) is 14.4. The number of anilines is 2. The van der Waals surface area contributed by atoms with E-state index in [0.717, 1.165) is 35.0 Å². The number of aliphatic imine (C=N–C) groups is 1. The number of benzene rings is 2. The number of thioether (sulfide) groups is 2. The maximum absolute atomic E-state index is 12.2. The fourth-order valence-corrected chi connectivity index (χ4v) is 3.95. The molecule has 8 nitrogen and oxygen atoms in total. The van der Waals surface area contributed by atoms with E-state index in [4.69, 9.17) is 14.7 Å². The van der Waals surface area contributed by atoms with Gasteiger partial charge in [-0.05, 0) is 62.4 Å². The summed E-state index contributed by atoms with van der Waals surface area (Å²) in [4.78, 5) is 28.1. The van der Waals surface area contributed by atoms with Gasteiger partial charge >= 0.3 is 0 Å². The maximum Gasteiger partial charge on any atom is 0.234 e. The highest BCUT2D eigenvalue weighted by molar-refractivity contribution is 8.39. The molecule has 32 heavy (non-hydrogen) atoms. The Hall–Kier alpha value is -3.16. The lowest BCUT2D eigenvalue weighted by molar-refractivity contribution is -0.114. The van der Waals surface area contributed by atoms with Crippen molar-refractivity contribution in [2.24, 2.45) is 4.99 Å². The van der Waals surface area contributed by atoms with Crippen LogP contribution >= 0.6 is 23.5 Å². The van der Waals surface area contributed by atoms with Gasteiger partial charge in [-0.15, -0.1) is 0 Å². The minimum atomic E-state index is -0.246. The molecule has 0 aliphatic rings. The Labute approximate surface area is 195 Å². The van der Waals surface area contributed by atoms with Crippen LogP contribution < -0.4 is 20.1 Å². The van der Waals surface area contributed by atoms with Gasteiger partial charge in [0.15, 0.2) is 0 Å². The second-order valence-corrected chi connectivity index (χ2v) is 8.25. The molecule has 0 unspecified atom stereocenters. The molecule has 168 valence electrons. The van der Waals surface area contributed by atoms with Crippen molar-refractivity contribution in [1.82, 2.24) is 0 Å². The Morgan fingerprint density at radius 1 is 0.844 bits per heavy atom. The van der Waals surface area contributed by atoms with Crippen molar-refractivity contribution in [3.63, 3.8) is 0 Å². The molecule has 0 atom stereocenters. The third kappa shape index (κ3) is 9.32. The molecule has 0 radical (unpaired) electrons. The van der Waals surface area contributed by atoms with E-state index in [2.05, 4.69) is 15.6 Å². The number of carbonyl (C=O) groups is 2. The minimum absolute atomic E-state index is 0.0568. The van der Waals surface area contributed by atoms with Gasteiger partial charge in [-0.1, -0.05) is 23.5 Å². The zero-order chi connectivity index (χ0) is 23.2. The van der Waals surface area contributed by atoms with Crippen LogP contribution in [0.25, 0.3) is 0 Å². The number of nitrogens with zero attached hydrogens (tertiary/aromatic N) is 2. The first-order valence-corrected chi connectivity index (χ1v) is 11.8. The van der Waals surface area contributed by atoms with Gasteiger partial charge in [0.25, 0.3) is 0 Å². The van der Waals surface area contributed by atoms with Crippen LogP contribution in [-0.4, -0.2) is 40.9 Å². The lowest BCUT2D eigenvalue weighted by atomic mass is 10.3. The highest BCUT2D eigenvalue weighted by Gasteiger charge is 2.11. The molecule has 0 spiro atoms. The van der Waals surface area contributed by atoms with E-state index >= 15 is 0 Å². The van der Waals surface area contributed by atoms with E-state index in [9.17, 15) is 9.59 Å². The number of nitrogens with one attached hydrogen (secondary N) is 2. The SMILES string of the molecule is CCOc1ccc(NC(=O)CSC(=NC#N)SCC(=O)Nc2ccc(OCC)cc2)cc1. The van der Waals surface area contributed by atoms with Crippen LogP contribution in [0.5, 0.6) is 11.5 Å². The third-order valence-electron chi connectivity index (χ3n) is 3.69. The Morgan fingerprint density at radius 2 is 1.25 bits per heavy atom. The quantitative estimate of drug-likeness (QED) is 0.300. The molecule has 10 heteroatoms. The van der Waals surface area contributed by atoms with E-state index in [1.165, 1.54) is 0 Å². The molecule has 2 aromatic rings. The molecular formula is C22H24N4O4S2. The van der Waals surface area contributed by atoms with Gasteiger partial charge in [0.1, 0.15) is 15.9 Å². The van der Waals surface area contributed by atoms with Crippen LogP contribution in [0, 0.1) is 11.5 Å². The first-order valence-electron chi connectivity index (χ1n) is 9.81. The van der Waals surface area contributed by atoms with Crippen molar-refractivity contribution in [2.75, 3.05) is 35.4 Å². The summed E-state index contributed by atoms with van der Waals surface area (Å²) in [7, 11) is 0. The van der Waals surface area contributed by atoms with Crippen molar-refractivity contribution in [1.29, 1.82) is 5.26 Å². The van der Waals surface area contributed by atoms with Crippen LogP contribution in [0.1, 0.15) is 13.8 Å². The molecule has 0 saturated carbocycles. The Morgan fingerprint density at radius 3 is 1.59 bits per heavy atom. The van der Waals surface area contributed by atoms with Crippen LogP contribution in [0.4, 0.5) is 11.4 Å². The average molecular weight is 473 g/mol. The lowest BCUT2D eigenvalue weighted by Gasteiger charge is -2.08. The van der Waals surface area contributed by atoms with E-state index < -0.39 is 0 Å². The molecule has 0 saturated heterocycles. The van der Waals surface area contributed by atoms with Crippen molar-refractivity contribution < 1.29 is 19.1 Å². The van der Waals surface area contributed by atoms with Gasteiger partial charge < -0.3 is 20.1 Å². The van der Waals surface area contributed by atoms with Crippen LogP contribution in [0.2, 0.25) is 0 Å². The number of rotatable bonds is 10. The summed E-state index contributed by atoms with van der Waals surface area (Å²) in [5.74, 6) is 1.07. The molecule has 0 aliphatic carbocycles. The fourth-order valence-electron chi connectivity index (χ4n) is 2.40. The highest BCUT2D eigenvalue weighted by Crippen LogP contribution is 2.20. The number of nitriles is 1. The van der Waals surface area contributed by atoms with Gasteiger partial charge in [0, 0.05) is 11.4 Å². The second-order valence-electron chi connectivity index (χ2n) is 6.07. The molecule has 2 rings (SSSR count). The van der Waals surface area contributed by atoms with E-state index in [0.29, 0.717) is 29.0 Å². The Balaban J connectivity index is 1.78. The van der Waals surface area contributed by atoms with Gasteiger partial charge in [-0.25, -0.2) is 0 Å². The topological polar surface area (TPSA) is 113 Å². The Kier molecular flexibility index (Phi) is 11.0. The minimum Gasteiger partial charge on any atom is -0.494 e. The highest BCUT2D eigenvalue weighted by atomic mass is 32.2. The van der Waals surface area contributed by atoms with E-state index in [-0.39, 0.29) is 23.3 Å². The summed E-state index contributed by atoms with van der Waals surface area (Å²) < 4.78 is 11.1. The molecule has 0 heterocycles. The van der Waals surface area contributed by atoms with Crippen molar-refractivity contribution in [3.8, 4) is 17.7 Å². The smallest absolute Gasteiger partial charge is 0.234 e.